The van der Waals surface area contributed by atoms with E-state index < -0.39 is 12.0 Å². The summed E-state index contributed by atoms with van der Waals surface area (Å²) in [6, 6.07) is 24.1. The van der Waals surface area contributed by atoms with Gasteiger partial charge in [-0.05, 0) is 23.3 Å². The topological polar surface area (TPSA) is 83.6 Å². The number of hydrogen-bond acceptors (Lipinski definition) is 4. The third-order valence-electron chi connectivity index (χ3n) is 5.68. The monoisotopic (exact) mass is 444 g/mol. The van der Waals surface area contributed by atoms with Crippen LogP contribution in [0.1, 0.15) is 28.8 Å². The number of aromatic nitrogens is 1. The third-order valence-corrected chi connectivity index (χ3v) is 5.68. The lowest BCUT2D eigenvalue weighted by atomic mass is 9.97. The molecule has 0 bridgehead atoms. The van der Waals surface area contributed by atoms with E-state index in [9.17, 15) is 9.59 Å². The number of pyridine rings is 1. The minimum Gasteiger partial charge on any atom is -0.378 e. The van der Waals surface area contributed by atoms with Gasteiger partial charge in [-0.2, -0.15) is 0 Å². The van der Waals surface area contributed by atoms with Crippen molar-refractivity contribution in [3.8, 4) is 0 Å². The number of benzene rings is 2. The Labute approximate surface area is 193 Å². The fraction of sp³-hybridized carbons (Fsp3) is 0.269. The first-order valence-electron chi connectivity index (χ1n) is 11.1. The average molecular weight is 445 g/mol. The lowest BCUT2D eigenvalue weighted by Crippen LogP contribution is -2.47. The van der Waals surface area contributed by atoms with Gasteiger partial charge in [-0.15, -0.1) is 0 Å². The van der Waals surface area contributed by atoms with Crippen LogP contribution in [0, 0.1) is 0 Å². The SMILES string of the molecule is O=C(NCC(C(=O)N1CCOCC1)c1ccccc1)NC(c1ccccc1)c1ccccn1. The molecule has 3 amide bonds. The lowest BCUT2D eigenvalue weighted by molar-refractivity contribution is -0.136. The normalized spacial score (nSPS) is 15.3. The Hall–Kier alpha value is -3.71. The van der Waals surface area contributed by atoms with Gasteiger partial charge in [0.2, 0.25) is 5.91 Å². The Morgan fingerprint density at radius 1 is 0.879 bits per heavy atom. The Kier molecular flexibility index (Phi) is 7.66. The minimum absolute atomic E-state index is 0.00543. The number of carbonyl (C=O) groups is 2. The van der Waals surface area contributed by atoms with E-state index in [4.69, 9.17) is 4.74 Å². The van der Waals surface area contributed by atoms with E-state index in [1.165, 1.54) is 0 Å². The minimum atomic E-state index is -0.472. The number of urea groups is 1. The number of ether oxygens (including phenoxy) is 1. The van der Waals surface area contributed by atoms with Crippen LogP contribution < -0.4 is 10.6 Å². The molecule has 2 unspecified atom stereocenters. The predicted molar refractivity (Wildman–Crippen MR) is 126 cm³/mol. The Morgan fingerprint density at radius 3 is 2.15 bits per heavy atom. The lowest BCUT2D eigenvalue weighted by Gasteiger charge is -2.31. The molecule has 2 heterocycles. The fourth-order valence-electron chi connectivity index (χ4n) is 3.93. The highest BCUT2D eigenvalue weighted by Crippen LogP contribution is 2.21. The molecule has 7 nitrogen and oxygen atoms in total. The van der Waals surface area contributed by atoms with Crippen LogP contribution in [0.3, 0.4) is 0 Å². The van der Waals surface area contributed by atoms with E-state index in [-0.39, 0.29) is 18.5 Å². The maximum atomic E-state index is 13.3. The molecule has 2 aromatic carbocycles. The Bertz CT molecular complexity index is 986. The number of carbonyl (C=O) groups excluding carboxylic acids is 2. The van der Waals surface area contributed by atoms with Gasteiger partial charge in [0.25, 0.3) is 0 Å². The maximum Gasteiger partial charge on any atom is 0.315 e. The second-order valence-electron chi connectivity index (χ2n) is 7.85. The molecular formula is C26H28N4O3. The summed E-state index contributed by atoms with van der Waals surface area (Å²) in [5.74, 6) is -0.478. The molecule has 33 heavy (non-hydrogen) atoms. The summed E-state index contributed by atoms with van der Waals surface area (Å²) in [7, 11) is 0. The van der Waals surface area contributed by atoms with Crippen molar-refractivity contribution in [3.05, 3.63) is 102 Å². The number of nitrogens with one attached hydrogen (secondary N) is 2. The quantitative estimate of drug-likeness (QED) is 0.587. The average Bonchev–Trinajstić information content (AvgIpc) is 2.89. The van der Waals surface area contributed by atoms with Gasteiger partial charge in [0.05, 0.1) is 30.9 Å². The maximum absolute atomic E-state index is 13.3. The summed E-state index contributed by atoms with van der Waals surface area (Å²) in [4.78, 5) is 32.4. The van der Waals surface area contributed by atoms with E-state index in [0.29, 0.717) is 26.3 Å². The van der Waals surface area contributed by atoms with E-state index in [0.717, 1.165) is 16.8 Å². The van der Waals surface area contributed by atoms with Crippen LogP contribution in [0.4, 0.5) is 4.79 Å². The smallest absolute Gasteiger partial charge is 0.315 e. The van der Waals surface area contributed by atoms with Crippen molar-refractivity contribution in [3.63, 3.8) is 0 Å². The van der Waals surface area contributed by atoms with Crippen molar-refractivity contribution in [2.24, 2.45) is 0 Å². The first kappa shape index (κ1) is 22.5. The van der Waals surface area contributed by atoms with Gasteiger partial charge in [0.1, 0.15) is 0 Å². The molecule has 0 saturated carbocycles. The highest BCUT2D eigenvalue weighted by Gasteiger charge is 2.28. The van der Waals surface area contributed by atoms with Crippen molar-refractivity contribution in [1.29, 1.82) is 0 Å². The molecule has 3 aromatic rings. The van der Waals surface area contributed by atoms with Crippen molar-refractivity contribution < 1.29 is 14.3 Å². The standard InChI is InChI=1S/C26H28N4O3/c31-25(30-15-17-33-18-16-30)22(20-9-3-1-4-10-20)19-28-26(32)29-24(21-11-5-2-6-12-21)23-13-7-8-14-27-23/h1-14,22,24H,15-19H2,(H2,28,29,32). The molecule has 0 aliphatic carbocycles. The molecular weight excluding hydrogens is 416 g/mol. The largest absolute Gasteiger partial charge is 0.378 e. The van der Waals surface area contributed by atoms with Crippen molar-refractivity contribution in [2.75, 3.05) is 32.8 Å². The molecule has 170 valence electrons. The number of nitrogens with zero attached hydrogens (tertiary/aromatic N) is 2. The zero-order chi connectivity index (χ0) is 22.9. The summed E-state index contributed by atoms with van der Waals surface area (Å²) in [6.45, 7) is 2.37. The molecule has 1 aliphatic heterocycles. The van der Waals surface area contributed by atoms with Gasteiger partial charge in [-0.25, -0.2) is 4.79 Å². The molecule has 0 radical (unpaired) electrons. The van der Waals surface area contributed by atoms with Crippen LogP contribution in [0.25, 0.3) is 0 Å². The van der Waals surface area contributed by atoms with Crippen LogP contribution in [0.15, 0.2) is 85.1 Å². The van der Waals surface area contributed by atoms with Crippen molar-refractivity contribution in [1.82, 2.24) is 20.5 Å². The summed E-state index contributed by atoms with van der Waals surface area (Å²) in [5.41, 5.74) is 2.54. The van der Waals surface area contributed by atoms with E-state index >= 15 is 0 Å². The zero-order valence-electron chi connectivity index (χ0n) is 18.4. The molecule has 1 aliphatic rings. The van der Waals surface area contributed by atoms with E-state index in [2.05, 4.69) is 15.6 Å². The number of hydrogen-bond donors (Lipinski definition) is 2. The number of amides is 3. The third kappa shape index (κ3) is 5.96. The van der Waals surface area contributed by atoms with Gasteiger partial charge < -0.3 is 20.3 Å². The summed E-state index contributed by atoms with van der Waals surface area (Å²) < 4.78 is 5.38. The summed E-state index contributed by atoms with van der Waals surface area (Å²) in [5, 5.41) is 5.93. The highest BCUT2D eigenvalue weighted by molar-refractivity contribution is 5.85. The van der Waals surface area contributed by atoms with Crippen LogP contribution in [0.5, 0.6) is 0 Å². The van der Waals surface area contributed by atoms with E-state index in [1.54, 1.807) is 11.1 Å². The molecule has 2 N–H and O–H groups in total. The predicted octanol–water partition coefficient (Wildman–Crippen LogP) is 3.11. The van der Waals surface area contributed by atoms with E-state index in [1.807, 2.05) is 78.9 Å². The molecule has 4 rings (SSSR count). The molecule has 2 atom stereocenters. The number of morpholine rings is 1. The Balaban J connectivity index is 1.47. The van der Waals surface area contributed by atoms with Gasteiger partial charge in [-0.3, -0.25) is 9.78 Å². The second kappa shape index (κ2) is 11.2. The molecule has 1 saturated heterocycles. The van der Waals surface area contributed by atoms with Crippen LogP contribution in [-0.2, 0) is 9.53 Å². The molecule has 1 aromatic heterocycles. The number of rotatable bonds is 7. The summed E-state index contributed by atoms with van der Waals surface area (Å²) >= 11 is 0. The Morgan fingerprint density at radius 2 is 1.52 bits per heavy atom. The highest BCUT2D eigenvalue weighted by atomic mass is 16.5. The van der Waals surface area contributed by atoms with Gasteiger partial charge >= 0.3 is 6.03 Å². The second-order valence-corrected chi connectivity index (χ2v) is 7.85. The summed E-state index contributed by atoms with van der Waals surface area (Å²) in [6.07, 6.45) is 1.71. The van der Waals surface area contributed by atoms with Crippen molar-refractivity contribution in [2.45, 2.75) is 12.0 Å². The van der Waals surface area contributed by atoms with Gasteiger partial charge in [0, 0.05) is 25.8 Å². The first-order chi connectivity index (χ1) is 16.2. The van der Waals surface area contributed by atoms with Crippen LogP contribution >= 0.6 is 0 Å². The molecule has 0 spiro atoms. The van der Waals surface area contributed by atoms with Crippen LogP contribution in [-0.4, -0.2) is 54.7 Å². The first-order valence-corrected chi connectivity index (χ1v) is 11.1. The van der Waals surface area contributed by atoms with Crippen molar-refractivity contribution >= 4 is 11.9 Å². The molecule has 1 fully saturated rings. The van der Waals surface area contributed by atoms with Crippen LogP contribution in [0.2, 0.25) is 0 Å². The molecule has 7 heteroatoms. The fourth-order valence-corrected chi connectivity index (χ4v) is 3.93. The zero-order valence-corrected chi connectivity index (χ0v) is 18.4. The van der Waals surface area contributed by atoms with Gasteiger partial charge in [0.15, 0.2) is 0 Å². The van der Waals surface area contributed by atoms with Gasteiger partial charge in [-0.1, -0.05) is 66.7 Å².